The van der Waals surface area contributed by atoms with Crippen molar-refractivity contribution in [3.8, 4) is 5.69 Å². The van der Waals surface area contributed by atoms with Gasteiger partial charge in [-0.15, -0.1) is 11.3 Å². The predicted octanol–water partition coefficient (Wildman–Crippen LogP) is 3.13. The van der Waals surface area contributed by atoms with Crippen LogP contribution < -0.4 is 11.1 Å². The summed E-state index contributed by atoms with van der Waals surface area (Å²) in [5, 5.41) is 4.89. The highest BCUT2D eigenvalue weighted by molar-refractivity contribution is 7.12. The van der Waals surface area contributed by atoms with Crippen molar-refractivity contribution in [1.29, 1.82) is 0 Å². The second-order valence-electron chi connectivity index (χ2n) is 5.41. The van der Waals surface area contributed by atoms with Gasteiger partial charge in [-0.3, -0.25) is 9.59 Å². The van der Waals surface area contributed by atoms with Crippen LogP contribution in [0.25, 0.3) is 5.69 Å². The molecule has 1 aromatic carbocycles. The number of hydrogen-bond acceptors (Lipinski definition) is 3. The van der Waals surface area contributed by atoms with E-state index in [4.69, 9.17) is 5.73 Å². The van der Waals surface area contributed by atoms with Crippen molar-refractivity contribution in [2.75, 3.05) is 0 Å². The zero-order chi connectivity index (χ0) is 17.1. The molecule has 122 valence electrons. The first-order valence-electron chi connectivity index (χ1n) is 7.47. The first-order chi connectivity index (χ1) is 11.6. The van der Waals surface area contributed by atoms with Crippen LogP contribution in [0.2, 0.25) is 0 Å². The quantitative estimate of drug-likeness (QED) is 0.749. The van der Waals surface area contributed by atoms with Crippen LogP contribution in [0, 0.1) is 0 Å². The Balaban J connectivity index is 1.75. The minimum atomic E-state index is -0.465. The Kier molecular flexibility index (Phi) is 4.48. The molecule has 1 atom stereocenters. The molecule has 2 heterocycles. The van der Waals surface area contributed by atoms with Crippen molar-refractivity contribution in [3.05, 3.63) is 76.2 Å². The molecule has 0 radical (unpaired) electrons. The molecule has 0 saturated heterocycles. The Bertz CT molecular complexity index is 851. The molecular formula is C18H17N3O2S. The fraction of sp³-hybridized carbons (Fsp3) is 0.111. The highest BCUT2D eigenvalue weighted by Gasteiger charge is 2.17. The monoisotopic (exact) mass is 339 g/mol. The molecule has 3 aromatic rings. The van der Waals surface area contributed by atoms with E-state index in [1.165, 1.54) is 11.3 Å². The van der Waals surface area contributed by atoms with Gasteiger partial charge in [-0.1, -0.05) is 12.1 Å². The van der Waals surface area contributed by atoms with Gasteiger partial charge < -0.3 is 15.6 Å². The number of aromatic nitrogens is 1. The summed E-state index contributed by atoms with van der Waals surface area (Å²) in [6, 6.07) is 12.5. The Hall–Kier alpha value is -2.86. The maximum absolute atomic E-state index is 12.6. The van der Waals surface area contributed by atoms with Gasteiger partial charge in [0.25, 0.3) is 5.91 Å². The summed E-state index contributed by atoms with van der Waals surface area (Å²) in [6.45, 7) is 1.90. The minimum Gasteiger partial charge on any atom is -0.366 e. The van der Waals surface area contributed by atoms with E-state index >= 15 is 0 Å². The van der Waals surface area contributed by atoms with Gasteiger partial charge in [0.2, 0.25) is 5.91 Å². The standard InChI is InChI=1S/C18H17N3O2S/c1-12(13-4-6-14(7-5-13)17(19)22)20-18(23)16-15(8-11-24-16)21-9-2-3-10-21/h2-12H,1H3,(H2,19,22)(H,20,23). The van der Waals surface area contributed by atoms with E-state index in [1.54, 1.807) is 24.3 Å². The lowest BCUT2D eigenvalue weighted by Crippen LogP contribution is -2.26. The van der Waals surface area contributed by atoms with Crippen molar-refractivity contribution in [3.63, 3.8) is 0 Å². The third-order valence-electron chi connectivity index (χ3n) is 3.78. The first-order valence-corrected chi connectivity index (χ1v) is 8.35. The van der Waals surface area contributed by atoms with Crippen LogP contribution in [-0.2, 0) is 0 Å². The third-order valence-corrected chi connectivity index (χ3v) is 4.68. The zero-order valence-electron chi connectivity index (χ0n) is 13.1. The molecule has 3 rings (SSSR count). The molecule has 0 aliphatic heterocycles. The summed E-state index contributed by atoms with van der Waals surface area (Å²) < 4.78 is 1.91. The van der Waals surface area contributed by atoms with Crippen LogP contribution in [0.1, 0.15) is 38.6 Å². The highest BCUT2D eigenvalue weighted by atomic mass is 32.1. The van der Waals surface area contributed by atoms with E-state index in [0.717, 1.165) is 11.3 Å². The summed E-state index contributed by atoms with van der Waals surface area (Å²) in [5.41, 5.74) is 7.46. The number of carbonyl (C=O) groups excluding carboxylic acids is 2. The number of benzene rings is 1. The number of primary amides is 1. The Morgan fingerprint density at radius 3 is 2.42 bits per heavy atom. The number of hydrogen-bond donors (Lipinski definition) is 2. The topological polar surface area (TPSA) is 77.1 Å². The van der Waals surface area contributed by atoms with Gasteiger partial charge in [0.15, 0.2) is 0 Å². The summed E-state index contributed by atoms with van der Waals surface area (Å²) in [7, 11) is 0. The van der Waals surface area contributed by atoms with Crippen LogP contribution in [-0.4, -0.2) is 16.4 Å². The van der Waals surface area contributed by atoms with Crippen molar-refractivity contribution in [1.82, 2.24) is 9.88 Å². The largest absolute Gasteiger partial charge is 0.366 e. The number of nitrogens with one attached hydrogen (secondary N) is 1. The number of thiophene rings is 1. The van der Waals surface area contributed by atoms with Gasteiger partial charge in [0, 0.05) is 18.0 Å². The second kappa shape index (κ2) is 6.72. The molecule has 2 aromatic heterocycles. The van der Waals surface area contributed by atoms with Crippen LogP contribution in [0.4, 0.5) is 0 Å². The molecule has 1 unspecified atom stereocenters. The zero-order valence-corrected chi connectivity index (χ0v) is 13.9. The molecule has 6 heteroatoms. The molecule has 0 aliphatic rings. The fourth-order valence-electron chi connectivity index (χ4n) is 2.45. The van der Waals surface area contributed by atoms with Gasteiger partial charge in [-0.25, -0.2) is 0 Å². The maximum atomic E-state index is 12.6. The fourth-order valence-corrected chi connectivity index (χ4v) is 3.25. The van der Waals surface area contributed by atoms with Crippen molar-refractivity contribution < 1.29 is 9.59 Å². The van der Waals surface area contributed by atoms with Gasteiger partial charge in [0.05, 0.1) is 11.7 Å². The average molecular weight is 339 g/mol. The maximum Gasteiger partial charge on any atom is 0.263 e. The SMILES string of the molecule is CC(NC(=O)c1sccc1-n1cccc1)c1ccc(C(N)=O)cc1. The van der Waals surface area contributed by atoms with Crippen molar-refractivity contribution in [2.24, 2.45) is 5.73 Å². The molecular weight excluding hydrogens is 322 g/mol. The molecule has 0 fully saturated rings. The number of nitrogens with two attached hydrogens (primary N) is 1. The highest BCUT2D eigenvalue weighted by Crippen LogP contribution is 2.22. The normalized spacial score (nSPS) is 11.9. The Morgan fingerprint density at radius 2 is 1.79 bits per heavy atom. The van der Waals surface area contributed by atoms with Gasteiger partial charge >= 0.3 is 0 Å². The molecule has 0 bridgehead atoms. The molecule has 5 nitrogen and oxygen atoms in total. The molecule has 0 saturated carbocycles. The average Bonchev–Trinajstić information content (AvgIpc) is 3.25. The molecule has 24 heavy (non-hydrogen) atoms. The smallest absolute Gasteiger partial charge is 0.263 e. The minimum absolute atomic E-state index is 0.125. The van der Waals surface area contributed by atoms with E-state index in [-0.39, 0.29) is 11.9 Å². The van der Waals surface area contributed by atoms with E-state index in [0.29, 0.717) is 10.4 Å². The van der Waals surface area contributed by atoms with Crippen LogP contribution in [0.15, 0.2) is 60.2 Å². The summed E-state index contributed by atoms with van der Waals surface area (Å²) in [5.74, 6) is -0.589. The van der Waals surface area contributed by atoms with Crippen LogP contribution >= 0.6 is 11.3 Å². The number of nitrogens with zero attached hydrogens (tertiary/aromatic N) is 1. The van der Waals surface area contributed by atoms with Gasteiger partial charge in [-0.2, -0.15) is 0 Å². The van der Waals surface area contributed by atoms with E-state index in [9.17, 15) is 9.59 Å². The van der Waals surface area contributed by atoms with E-state index < -0.39 is 5.91 Å². The number of amides is 2. The summed E-state index contributed by atoms with van der Waals surface area (Å²) >= 11 is 1.41. The summed E-state index contributed by atoms with van der Waals surface area (Å²) in [4.78, 5) is 24.4. The van der Waals surface area contributed by atoms with E-state index in [2.05, 4.69) is 5.32 Å². The second-order valence-corrected chi connectivity index (χ2v) is 6.32. The Labute approximate surface area is 143 Å². The molecule has 3 N–H and O–H groups in total. The summed E-state index contributed by atoms with van der Waals surface area (Å²) in [6.07, 6.45) is 3.82. The molecule has 0 spiro atoms. The predicted molar refractivity (Wildman–Crippen MR) is 94.5 cm³/mol. The number of rotatable bonds is 5. The number of carbonyl (C=O) groups is 2. The van der Waals surface area contributed by atoms with Crippen LogP contribution in [0.3, 0.4) is 0 Å². The lowest BCUT2D eigenvalue weighted by atomic mass is 10.1. The first kappa shape index (κ1) is 16.0. The third kappa shape index (κ3) is 3.23. The van der Waals surface area contributed by atoms with Gasteiger partial charge in [-0.05, 0) is 48.2 Å². The Morgan fingerprint density at radius 1 is 1.12 bits per heavy atom. The molecule has 2 amide bonds. The lowest BCUT2D eigenvalue weighted by Gasteiger charge is -2.15. The van der Waals surface area contributed by atoms with E-state index in [1.807, 2.05) is 47.5 Å². The van der Waals surface area contributed by atoms with Crippen molar-refractivity contribution in [2.45, 2.75) is 13.0 Å². The lowest BCUT2D eigenvalue weighted by molar-refractivity contribution is 0.0942. The van der Waals surface area contributed by atoms with Crippen LogP contribution in [0.5, 0.6) is 0 Å². The van der Waals surface area contributed by atoms with Gasteiger partial charge in [0.1, 0.15) is 4.88 Å². The molecule has 0 aliphatic carbocycles. The van der Waals surface area contributed by atoms with Crippen molar-refractivity contribution >= 4 is 23.2 Å².